The van der Waals surface area contributed by atoms with Gasteiger partial charge in [-0.25, -0.2) is 9.98 Å². The Hall–Kier alpha value is -1.92. The van der Waals surface area contributed by atoms with Crippen molar-refractivity contribution in [2.45, 2.75) is 39.7 Å². The average molecular weight is 361 g/mol. The van der Waals surface area contributed by atoms with E-state index in [2.05, 4.69) is 27.5 Å². The summed E-state index contributed by atoms with van der Waals surface area (Å²) in [5, 5.41) is 18.3. The van der Waals surface area contributed by atoms with Crippen molar-refractivity contribution in [2.75, 3.05) is 19.6 Å². The molecule has 6 heteroatoms. The molecular weight excluding hydrogens is 332 g/mol. The molecule has 1 aromatic heterocycles. The van der Waals surface area contributed by atoms with Crippen LogP contribution in [-0.2, 0) is 12.0 Å². The van der Waals surface area contributed by atoms with Gasteiger partial charge < -0.3 is 15.7 Å². The largest absolute Gasteiger partial charge is 0.384 e. The number of aliphatic hydroxyl groups is 1. The Morgan fingerprint density at radius 1 is 1.24 bits per heavy atom. The molecule has 1 heterocycles. The first-order chi connectivity index (χ1) is 11.9. The van der Waals surface area contributed by atoms with Crippen molar-refractivity contribution in [1.82, 2.24) is 15.6 Å². The standard InChI is InChI=1S/C19H28N4OS/c1-5-20-18(21-12-11-17-14(2)23-15(3)25-17)22-13-19(4,24)16-9-7-6-8-10-16/h6-10,24H,5,11-13H2,1-4H3,(H2,20,21,22). The summed E-state index contributed by atoms with van der Waals surface area (Å²) in [6, 6.07) is 9.64. The number of hydrogen-bond acceptors (Lipinski definition) is 4. The van der Waals surface area contributed by atoms with Gasteiger partial charge in [0, 0.05) is 24.4 Å². The van der Waals surface area contributed by atoms with Crippen LogP contribution in [0.3, 0.4) is 0 Å². The number of aromatic nitrogens is 1. The highest BCUT2D eigenvalue weighted by atomic mass is 32.1. The first-order valence-corrected chi connectivity index (χ1v) is 9.47. The van der Waals surface area contributed by atoms with Gasteiger partial charge in [0.1, 0.15) is 5.60 Å². The Balaban J connectivity index is 1.94. The van der Waals surface area contributed by atoms with Gasteiger partial charge in [-0.1, -0.05) is 30.3 Å². The highest BCUT2D eigenvalue weighted by molar-refractivity contribution is 7.11. The highest BCUT2D eigenvalue weighted by Gasteiger charge is 2.22. The van der Waals surface area contributed by atoms with Gasteiger partial charge in [-0.2, -0.15) is 0 Å². The van der Waals surface area contributed by atoms with Gasteiger partial charge in [0.15, 0.2) is 5.96 Å². The van der Waals surface area contributed by atoms with Crippen molar-refractivity contribution in [3.8, 4) is 0 Å². The van der Waals surface area contributed by atoms with Crippen molar-refractivity contribution in [3.05, 3.63) is 51.5 Å². The summed E-state index contributed by atoms with van der Waals surface area (Å²) in [5.74, 6) is 0.720. The molecule has 2 aromatic rings. The number of benzene rings is 1. The Labute approximate surface area is 154 Å². The molecule has 5 nitrogen and oxygen atoms in total. The molecule has 0 saturated heterocycles. The molecule has 0 fully saturated rings. The molecule has 3 N–H and O–H groups in total. The molecule has 0 aliphatic heterocycles. The van der Waals surface area contributed by atoms with E-state index in [0.717, 1.165) is 41.7 Å². The molecule has 1 unspecified atom stereocenters. The third kappa shape index (κ3) is 5.83. The third-order valence-electron chi connectivity index (χ3n) is 3.93. The average Bonchev–Trinajstić information content (AvgIpc) is 2.91. The summed E-state index contributed by atoms with van der Waals surface area (Å²) in [5.41, 5.74) is 0.984. The van der Waals surface area contributed by atoms with E-state index in [0.29, 0.717) is 6.54 Å². The number of aryl methyl sites for hydroxylation is 2. The lowest BCUT2D eigenvalue weighted by molar-refractivity contribution is 0.0672. The van der Waals surface area contributed by atoms with Crippen molar-refractivity contribution in [3.63, 3.8) is 0 Å². The molecule has 0 spiro atoms. The number of thiazole rings is 1. The van der Waals surface area contributed by atoms with Gasteiger partial charge in [0.05, 0.1) is 17.2 Å². The van der Waals surface area contributed by atoms with E-state index in [-0.39, 0.29) is 0 Å². The van der Waals surface area contributed by atoms with Crippen LogP contribution in [0.1, 0.15) is 35.0 Å². The fourth-order valence-electron chi connectivity index (χ4n) is 2.56. The summed E-state index contributed by atoms with van der Waals surface area (Å²) < 4.78 is 0. The Morgan fingerprint density at radius 3 is 2.56 bits per heavy atom. The normalized spacial score (nSPS) is 14.2. The molecular formula is C19H28N4OS. The molecule has 0 radical (unpaired) electrons. The van der Waals surface area contributed by atoms with Crippen LogP contribution in [0.5, 0.6) is 0 Å². The lowest BCUT2D eigenvalue weighted by atomic mass is 9.96. The minimum atomic E-state index is -0.991. The number of rotatable bonds is 7. The van der Waals surface area contributed by atoms with E-state index >= 15 is 0 Å². The van der Waals surface area contributed by atoms with E-state index in [4.69, 9.17) is 0 Å². The van der Waals surface area contributed by atoms with E-state index in [1.165, 1.54) is 4.88 Å². The first-order valence-electron chi connectivity index (χ1n) is 8.65. The van der Waals surface area contributed by atoms with Crippen molar-refractivity contribution >= 4 is 17.3 Å². The first kappa shape index (κ1) is 19.4. The minimum Gasteiger partial charge on any atom is -0.384 e. The zero-order valence-electron chi connectivity index (χ0n) is 15.5. The quantitative estimate of drug-likeness (QED) is 0.525. The van der Waals surface area contributed by atoms with E-state index < -0.39 is 5.60 Å². The number of aliphatic imine (C=N–C) groups is 1. The summed E-state index contributed by atoms with van der Waals surface area (Å²) >= 11 is 1.74. The SMILES string of the molecule is CCNC(=NCC(C)(O)c1ccccc1)NCCc1sc(C)nc1C. The highest BCUT2D eigenvalue weighted by Crippen LogP contribution is 2.20. The molecule has 0 aliphatic carbocycles. The number of hydrogen-bond donors (Lipinski definition) is 3. The molecule has 136 valence electrons. The minimum absolute atomic E-state index is 0.297. The van der Waals surface area contributed by atoms with Crippen molar-refractivity contribution < 1.29 is 5.11 Å². The predicted octanol–water partition coefficient (Wildman–Crippen LogP) is 2.77. The fourth-order valence-corrected chi connectivity index (χ4v) is 3.50. The number of nitrogens with one attached hydrogen (secondary N) is 2. The van der Waals surface area contributed by atoms with E-state index in [9.17, 15) is 5.11 Å². The van der Waals surface area contributed by atoms with Crippen LogP contribution in [0.2, 0.25) is 0 Å². The Bertz CT molecular complexity index is 695. The number of nitrogens with zero attached hydrogens (tertiary/aromatic N) is 2. The second-order valence-corrected chi connectivity index (χ2v) is 7.54. The van der Waals surface area contributed by atoms with Crippen LogP contribution in [0.25, 0.3) is 0 Å². The predicted molar refractivity (Wildman–Crippen MR) is 105 cm³/mol. The monoisotopic (exact) mass is 360 g/mol. The van der Waals surface area contributed by atoms with E-state index in [1.54, 1.807) is 18.3 Å². The van der Waals surface area contributed by atoms with Gasteiger partial charge in [-0.15, -0.1) is 11.3 Å². The molecule has 1 atom stereocenters. The van der Waals surface area contributed by atoms with Gasteiger partial charge in [0.2, 0.25) is 0 Å². The van der Waals surface area contributed by atoms with Crippen molar-refractivity contribution in [2.24, 2.45) is 4.99 Å². The van der Waals surface area contributed by atoms with Crippen LogP contribution >= 0.6 is 11.3 Å². The summed E-state index contributed by atoms with van der Waals surface area (Å²) in [7, 11) is 0. The fraction of sp³-hybridized carbons (Fsp3) is 0.474. The van der Waals surface area contributed by atoms with Gasteiger partial charge in [0.25, 0.3) is 0 Å². The smallest absolute Gasteiger partial charge is 0.191 e. The number of guanidine groups is 1. The van der Waals surface area contributed by atoms with Crippen LogP contribution in [0, 0.1) is 13.8 Å². The lowest BCUT2D eigenvalue weighted by Crippen LogP contribution is -2.39. The Morgan fingerprint density at radius 2 is 1.96 bits per heavy atom. The third-order valence-corrected chi connectivity index (χ3v) is 5.06. The molecule has 2 rings (SSSR count). The van der Waals surface area contributed by atoms with Gasteiger partial charge in [-0.3, -0.25) is 0 Å². The summed E-state index contributed by atoms with van der Waals surface area (Å²) in [6.07, 6.45) is 0.914. The lowest BCUT2D eigenvalue weighted by Gasteiger charge is -2.22. The topological polar surface area (TPSA) is 69.5 Å². The zero-order chi connectivity index (χ0) is 18.3. The van der Waals surface area contributed by atoms with Crippen LogP contribution in [0.4, 0.5) is 0 Å². The maximum absolute atomic E-state index is 10.7. The van der Waals surface area contributed by atoms with Gasteiger partial charge in [-0.05, 0) is 33.3 Å². The second-order valence-electron chi connectivity index (χ2n) is 6.25. The van der Waals surface area contributed by atoms with Crippen molar-refractivity contribution in [1.29, 1.82) is 0 Å². The molecule has 0 bridgehead atoms. The molecule has 1 aromatic carbocycles. The van der Waals surface area contributed by atoms with Crippen LogP contribution < -0.4 is 10.6 Å². The maximum Gasteiger partial charge on any atom is 0.191 e. The zero-order valence-corrected chi connectivity index (χ0v) is 16.3. The molecule has 0 aliphatic rings. The van der Waals surface area contributed by atoms with Crippen LogP contribution in [0.15, 0.2) is 35.3 Å². The van der Waals surface area contributed by atoms with Gasteiger partial charge >= 0.3 is 0 Å². The maximum atomic E-state index is 10.7. The van der Waals surface area contributed by atoms with Crippen LogP contribution in [-0.4, -0.2) is 35.7 Å². The summed E-state index contributed by atoms with van der Waals surface area (Å²) in [6.45, 7) is 9.76. The Kier molecular flexibility index (Phi) is 6.96. The second kappa shape index (κ2) is 8.97. The van der Waals surface area contributed by atoms with E-state index in [1.807, 2.05) is 44.2 Å². The molecule has 0 saturated carbocycles. The molecule has 0 amide bonds. The molecule has 25 heavy (non-hydrogen) atoms. The summed E-state index contributed by atoms with van der Waals surface area (Å²) in [4.78, 5) is 10.3.